The predicted octanol–water partition coefficient (Wildman–Crippen LogP) is 3.63. The zero-order valence-corrected chi connectivity index (χ0v) is 15.0. The van der Waals surface area contributed by atoms with Crippen LogP contribution in [-0.4, -0.2) is 22.1 Å². The molecule has 2 aromatic rings. The molecule has 7 heteroatoms. The number of halogens is 2. The summed E-state index contributed by atoms with van der Waals surface area (Å²) in [5.41, 5.74) is 0.969. The van der Waals surface area contributed by atoms with E-state index >= 15 is 0 Å². The summed E-state index contributed by atoms with van der Waals surface area (Å²) in [6.45, 7) is 0.276. The molecule has 2 aromatic carbocycles. The molecule has 0 aliphatic rings. The van der Waals surface area contributed by atoms with Crippen molar-refractivity contribution < 1.29 is 13.2 Å². The Morgan fingerprint density at radius 1 is 1.23 bits per heavy atom. The second kappa shape index (κ2) is 7.46. The Morgan fingerprint density at radius 3 is 2.68 bits per heavy atom. The summed E-state index contributed by atoms with van der Waals surface area (Å²) < 4.78 is 33.1. The van der Waals surface area contributed by atoms with Gasteiger partial charge in [0, 0.05) is 16.0 Å². The van der Waals surface area contributed by atoms with Gasteiger partial charge in [0.2, 0.25) is 10.0 Å². The summed E-state index contributed by atoms with van der Waals surface area (Å²) in [6.07, 6.45) is 0.552. The first-order valence-corrected chi connectivity index (χ1v) is 9.15. The molecule has 2 rings (SSSR count). The fourth-order valence-electron chi connectivity index (χ4n) is 1.96. The lowest BCUT2D eigenvalue weighted by molar-refractivity contribution is 0.402. The van der Waals surface area contributed by atoms with Crippen LogP contribution in [-0.2, 0) is 16.4 Å². The number of methoxy groups -OCH3 is 1. The van der Waals surface area contributed by atoms with E-state index in [2.05, 4.69) is 20.7 Å². The fourth-order valence-corrected chi connectivity index (χ4v) is 3.91. The topological polar surface area (TPSA) is 55.4 Å². The maximum absolute atomic E-state index is 12.4. The van der Waals surface area contributed by atoms with Crippen molar-refractivity contribution in [3.05, 3.63) is 57.5 Å². The highest BCUT2D eigenvalue weighted by Crippen LogP contribution is 2.27. The van der Waals surface area contributed by atoms with Crippen LogP contribution >= 0.6 is 27.5 Å². The lowest BCUT2D eigenvalue weighted by atomic mass is 10.2. The van der Waals surface area contributed by atoms with Crippen molar-refractivity contribution in [3.63, 3.8) is 0 Å². The van der Waals surface area contributed by atoms with E-state index < -0.39 is 10.0 Å². The molecule has 0 spiro atoms. The number of hydrogen-bond acceptors (Lipinski definition) is 3. The molecule has 0 bridgehead atoms. The molecule has 0 saturated carbocycles. The molecule has 0 aromatic heterocycles. The Kier molecular flexibility index (Phi) is 5.86. The average Bonchev–Trinajstić information content (AvgIpc) is 2.47. The summed E-state index contributed by atoms with van der Waals surface area (Å²) in [4.78, 5) is 0.107. The molecular weight excluding hydrogens is 390 g/mol. The van der Waals surface area contributed by atoms with Gasteiger partial charge in [0.05, 0.1) is 7.11 Å². The first-order chi connectivity index (χ1) is 10.4. The number of rotatable bonds is 6. The van der Waals surface area contributed by atoms with Gasteiger partial charge in [-0.3, -0.25) is 0 Å². The molecule has 4 nitrogen and oxygen atoms in total. The van der Waals surface area contributed by atoms with Crippen LogP contribution in [0.2, 0.25) is 5.02 Å². The number of benzene rings is 2. The second-order valence-electron chi connectivity index (χ2n) is 4.57. The quantitative estimate of drug-likeness (QED) is 0.800. The minimum atomic E-state index is -3.64. The van der Waals surface area contributed by atoms with E-state index in [4.69, 9.17) is 16.3 Å². The van der Waals surface area contributed by atoms with Crippen molar-refractivity contribution >= 4 is 37.6 Å². The normalized spacial score (nSPS) is 11.4. The molecular formula is C15H15BrClNO3S. The molecule has 0 amide bonds. The standard InChI is InChI=1S/C15H15BrClNO3S/c1-21-14-6-5-12(16)10-15(14)22(19,20)18-8-7-11-3-2-4-13(17)9-11/h2-6,9-10,18H,7-8H2,1H3. The Bertz CT molecular complexity index is 765. The van der Waals surface area contributed by atoms with Gasteiger partial charge in [0.1, 0.15) is 10.6 Å². The van der Waals surface area contributed by atoms with Crippen LogP contribution < -0.4 is 9.46 Å². The lowest BCUT2D eigenvalue weighted by Gasteiger charge is -2.11. The number of hydrogen-bond donors (Lipinski definition) is 1. The highest BCUT2D eigenvalue weighted by molar-refractivity contribution is 9.10. The van der Waals surface area contributed by atoms with E-state index in [1.54, 1.807) is 18.2 Å². The van der Waals surface area contributed by atoms with Gasteiger partial charge < -0.3 is 4.74 Å². The van der Waals surface area contributed by atoms with Crippen LogP contribution in [0, 0.1) is 0 Å². The van der Waals surface area contributed by atoms with Gasteiger partial charge in [-0.25, -0.2) is 13.1 Å². The SMILES string of the molecule is COc1ccc(Br)cc1S(=O)(=O)NCCc1cccc(Cl)c1. The van der Waals surface area contributed by atoms with Crippen molar-refractivity contribution in [2.45, 2.75) is 11.3 Å². The van der Waals surface area contributed by atoms with Gasteiger partial charge in [-0.2, -0.15) is 0 Å². The van der Waals surface area contributed by atoms with Crippen molar-refractivity contribution in [2.75, 3.05) is 13.7 Å². The van der Waals surface area contributed by atoms with Crippen molar-refractivity contribution in [1.29, 1.82) is 0 Å². The summed E-state index contributed by atoms with van der Waals surface area (Å²) in [6, 6.07) is 12.2. The van der Waals surface area contributed by atoms with Crippen molar-refractivity contribution in [1.82, 2.24) is 4.72 Å². The van der Waals surface area contributed by atoms with E-state index in [1.807, 2.05) is 18.2 Å². The average molecular weight is 405 g/mol. The highest BCUT2D eigenvalue weighted by atomic mass is 79.9. The third-order valence-corrected chi connectivity index (χ3v) is 5.22. The monoisotopic (exact) mass is 403 g/mol. The third kappa shape index (κ3) is 4.46. The number of sulfonamides is 1. The summed E-state index contributed by atoms with van der Waals surface area (Å²) in [5, 5.41) is 0.633. The molecule has 22 heavy (non-hydrogen) atoms. The zero-order chi connectivity index (χ0) is 16.2. The fraction of sp³-hybridized carbons (Fsp3) is 0.200. The van der Waals surface area contributed by atoms with E-state index in [0.717, 1.165) is 5.56 Å². The minimum Gasteiger partial charge on any atom is -0.495 e. The first-order valence-electron chi connectivity index (χ1n) is 6.50. The molecule has 0 atom stereocenters. The van der Waals surface area contributed by atoms with Crippen molar-refractivity contribution in [2.24, 2.45) is 0 Å². The lowest BCUT2D eigenvalue weighted by Crippen LogP contribution is -2.26. The van der Waals surface area contributed by atoms with Gasteiger partial charge in [-0.1, -0.05) is 39.7 Å². The molecule has 0 saturated heterocycles. The number of nitrogens with one attached hydrogen (secondary N) is 1. The molecule has 0 heterocycles. The van der Waals surface area contributed by atoms with Gasteiger partial charge in [-0.05, 0) is 42.3 Å². The molecule has 0 aliphatic heterocycles. The van der Waals surface area contributed by atoms with Crippen LogP contribution in [0.4, 0.5) is 0 Å². The summed E-state index contributed by atoms with van der Waals surface area (Å²) in [5.74, 6) is 0.304. The summed E-state index contributed by atoms with van der Waals surface area (Å²) >= 11 is 9.17. The maximum Gasteiger partial charge on any atom is 0.244 e. The van der Waals surface area contributed by atoms with Crippen LogP contribution in [0.5, 0.6) is 5.75 Å². The van der Waals surface area contributed by atoms with Gasteiger partial charge in [-0.15, -0.1) is 0 Å². The molecule has 1 N–H and O–H groups in total. The Morgan fingerprint density at radius 2 is 2.00 bits per heavy atom. The van der Waals surface area contributed by atoms with Crippen LogP contribution in [0.1, 0.15) is 5.56 Å². The van der Waals surface area contributed by atoms with E-state index in [-0.39, 0.29) is 11.4 Å². The first kappa shape index (κ1) is 17.3. The van der Waals surface area contributed by atoms with Crippen LogP contribution in [0.3, 0.4) is 0 Å². The second-order valence-corrected chi connectivity index (χ2v) is 7.66. The smallest absolute Gasteiger partial charge is 0.244 e. The minimum absolute atomic E-state index is 0.107. The van der Waals surface area contributed by atoms with E-state index in [9.17, 15) is 8.42 Å². The van der Waals surface area contributed by atoms with Crippen LogP contribution in [0.15, 0.2) is 51.8 Å². The molecule has 118 valence electrons. The predicted molar refractivity (Wildman–Crippen MR) is 91.0 cm³/mol. The molecule has 0 fully saturated rings. The van der Waals surface area contributed by atoms with Crippen LogP contribution in [0.25, 0.3) is 0 Å². The Balaban J connectivity index is 2.10. The number of ether oxygens (including phenoxy) is 1. The maximum atomic E-state index is 12.4. The van der Waals surface area contributed by atoms with Gasteiger partial charge >= 0.3 is 0 Å². The highest BCUT2D eigenvalue weighted by Gasteiger charge is 2.19. The third-order valence-electron chi connectivity index (χ3n) is 3.01. The summed E-state index contributed by atoms with van der Waals surface area (Å²) in [7, 11) is -2.21. The molecule has 0 aliphatic carbocycles. The molecule has 0 radical (unpaired) electrons. The van der Waals surface area contributed by atoms with Crippen molar-refractivity contribution in [3.8, 4) is 5.75 Å². The largest absolute Gasteiger partial charge is 0.495 e. The van der Waals surface area contributed by atoms with E-state index in [0.29, 0.717) is 21.7 Å². The Labute approximate surface area is 143 Å². The zero-order valence-electron chi connectivity index (χ0n) is 11.8. The van der Waals surface area contributed by atoms with Gasteiger partial charge in [0.15, 0.2) is 0 Å². The van der Waals surface area contributed by atoms with Gasteiger partial charge in [0.25, 0.3) is 0 Å². The molecule has 0 unspecified atom stereocenters. The van der Waals surface area contributed by atoms with E-state index in [1.165, 1.54) is 13.2 Å². The Hall–Kier alpha value is -1.08.